The average Bonchev–Trinajstić information content (AvgIpc) is 2.55. The van der Waals surface area contributed by atoms with E-state index in [-0.39, 0.29) is 6.04 Å². The molecule has 0 aliphatic carbocycles. The number of anilines is 1. The minimum Gasteiger partial charge on any atom is -0.493 e. The second kappa shape index (κ2) is 6.76. The molecule has 0 saturated heterocycles. The van der Waals surface area contributed by atoms with Crippen LogP contribution in [0.25, 0.3) is 0 Å². The number of hydrogen-bond acceptors (Lipinski definition) is 5. The van der Waals surface area contributed by atoms with Crippen LogP contribution >= 0.6 is 0 Å². The van der Waals surface area contributed by atoms with Crippen molar-refractivity contribution in [1.82, 2.24) is 4.98 Å². The number of benzene rings is 1. The molecule has 6 heteroatoms. The third kappa shape index (κ3) is 3.26. The Morgan fingerprint density at radius 1 is 1.23 bits per heavy atom. The van der Waals surface area contributed by atoms with Crippen molar-refractivity contribution in [1.29, 1.82) is 5.26 Å². The van der Waals surface area contributed by atoms with Crippen LogP contribution in [-0.4, -0.2) is 19.2 Å². The monoisotopic (exact) mass is 301 g/mol. The van der Waals surface area contributed by atoms with Gasteiger partial charge in [0.2, 0.25) is 0 Å². The molecule has 0 unspecified atom stereocenters. The first-order chi connectivity index (χ1) is 10.6. The number of pyridine rings is 1. The van der Waals surface area contributed by atoms with Gasteiger partial charge >= 0.3 is 0 Å². The van der Waals surface area contributed by atoms with Crippen LogP contribution in [0.15, 0.2) is 30.5 Å². The van der Waals surface area contributed by atoms with Gasteiger partial charge in [-0.2, -0.15) is 5.26 Å². The number of hydrogen-bond donors (Lipinski definition) is 1. The number of nitriles is 1. The lowest BCUT2D eigenvalue weighted by Gasteiger charge is -2.18. The quantitative estimate of drug-likeness (QED) is 0.918. The predicted molar refractivity (Wildman–Crippen MR) is 80.5 cm³/mol. The van der Waals surface area contributed by atoms with E-state index >= 15 is 0 Å². The van der Waals surface area contributed by atoms with E-state index in [1.807, 2.05) is 13.0 Å². The summed E-state index contributed by atoms with van der Waals surface area (Å²) in [5, 5.41) is 11.8. The number of nitrogens with one attached hydrogen (secondary N) is 1. The van der Waals surface area contributed by atoms with E-state index < -0.39 is 5.82 Å². The molecule has 0 fully saturated rings. The summed E-state index contributed by atoms with van der Waals surface area (Å²) < 4.78 is 24.4. The largest absolute Gasteiger partial charge is 0.493 e. The molecule has 1 aromatic carbocycles. The SMILES string of the molecule is COc1cc(F)c([C@@H](C)Nc2ccc(C#N)cn2)cc1OC. The van der Waals surface area contributed by atoms with Crippen LogP contribution in [0.5, 0.6) is 11.5 Å². The van der Waals surface area contributed by atoms with Gasteiger partial charge in [-0.3, -0.25) is 0 Å². The maximum atomic E-state index is 14.2. The molecular weight excluding hydrogens is 285 g/mol. The van der Waals surface area contributed by atoms with Crippen molar-refractivity contribution in [2.45, 2.75) is 13.0 Å². The Hall–Kier alpha value is -2.81. The third-order valence-electron chi connectivity index (χ3n) is 3.23. The van der Waals surface area contributed by atoms with E-state index in [9.17, 15) is 4.39 Å². The van der Waals surface area contributed by atoms with Gasteiger partial charge in [-0.05, 0) is 25.1 Å². The van der Waals surface area contributed by atoms with Crippen LogP contribution in [-0.2, 0) is 0 Å². The highest BCUT2D eigenvalue weighted by molar-refractivity contribution is 5.47. The number of methoxy groups -OCH3 is 2. The first-order valence-corrected chi connectivity index (χ1v) is 6.63. The summed E-state index contributed by atoms with van der Waals surface area (Å²) in [7, 11) is 2.96. The molecule has 0 saturated carbocycles. The molecule has 0 bridgehead atoms. The molecule has 1 atom stereocenters. The van der Waals surface area contributed by atoms with Gasteiger partial charge in [0.15, 0.2) is 11.5 Å². The molecule has 1 N–H and O–H groups in total. The summed E-state index contributed by atoms with van der Waals surface area (Å²) in [4.78, 5) is 4.11. The van der Waals surface area contributed by atoms with E-state index in [1.165, 1.54) is 26.5 Å². The summed E-state index contributed by atoms with van der Waals surface area (Å²) in [5.41, 5.74) is 0.902. The minimum atomic E-state index is -0.397. The molecule has 0 aliphatic rings. The molecule has 5 nitrogen and oxygen atoms in total. The fourth-order valence-corrected chi connectivity index (χ4v) is 2.05. The summed E-state index contributed by atoms with van der Waals surface area (Å²) >= 11 is 0. The summed E-state index contributed by atoms with van der Waals surface area (Å²) in [6.07, 6.45) is 1.46. The molecular formula is C16H16FN3O2. The Balaban J connectivity index is 2.24. The molecule has 0 radical (unpaired) electrons. The number of aromatic nitrogens is 1. The van der Waals surface area contributed by atoms with E-state index in [0.717, 1.165) is 0 Å². The van der Waals surface area contributed by atoms with Crippen molar-refractivity contribution in [3.8, 4) is 17.6 Å². The number of ether oxygens (including phenoxy) is 2. The second-order valence-corrected chi connectivity index (χ2v) is 4.64. The normalized spacial score (nSPS) is 11.4. The highest BCUT2D eigenvalue weighted by Crippen LogP contribution is 2.33. The van der Waals surface area contributed by atoms with E-state index in [0.29, 0.717) is 28.4 Å². The first-order valence-electron chi connectivity index (χ1n) is 6.63. The van der Waals surface area contributed by atoms with Gasteiger partial charge in [0.1, 0.15) is 17.7 Å². The molecule has 0 amide bonds. The summed E-state index contributed by atoms with van der Waals surface area (Å²) in [6, 6.07) is 7.87. The van der Waals surface area contributed by atoms with Crippen LogP contribution in [0.3, 0.4) is 0 Å². The van der Waals surface area contributed by atoms with Crippen molar-refractivity contribution >= 4 is 5.82 Å². The van der Waals surface area contributed by atoms with Crippen molar-refractivity contribution in [2.24, 2.45) is 0 Å². The third-order valence-corrected chi connectivity index (χ3v) is 3.23. The van der Waals surface area contributed by atoms with Crippen LogP contribution in [0.1, 0.15) is 24.1 Å². The highest BCUT2D eigenvalue weighted by atomic mass is 19.1. The Bertz CT molecular complexity index is 696. The van der Waals surface area contributed by atoms with E-state index in [1.54, 1.807) is 18.2 Å². The molecule has 1 heterocycles. The van der Waals surface area contributed by atoms with Crippen LogP contribution in [0.4, 0.5) is 10.2 Å². The zero-order valence-corrected chi connectivity index (χ0v) is 12.6. The maximum Gasteiger partial charge on any atom is 0.163 e. The average molecular weight is 301 g/mol. The number of rotatable bonds is 5. The van der Waals surface area contributed by atoms with Crippen molar-refractivity contribution in [3.05, 3.63) is 47.4 Å². The fraction of sp³-hybridized carbons (Fsp3) is 0.250. The molecule has 114 valence electrons. The smallest absolute Gasteiger partial charge is 0.163 e. The van der Waals surface area contributed by atoms with Crippen LogP contribution < -0.4 is 14.8 Å². The van der Waals surface area contributed by atoms with Gasteiger partial charge in [-0.1, -0.05) is 0 Å². The molecule has 2 rings (SSSR count). The second-order valence-electron chi connectivity index (χ2n) is 4.64. The zero-order chi connectivity index (χ0) is 16.1. The lowest BCUT2D eigenvalue weighted by molar-refractivity contribution is 0.351. The van der Waals surface area contributed by atoms with Gasteiger partial charge in [0.05, 0.1) is 25.8 Å². The number of nitrogens with zero attached hydrogens (tertiary/aromatic N) is 2. The standard InChI is InChI=1S/C16H16FN3O2/c1-10(20-16-5-4-11(8-18)9-19-16)12-6-14(21-2)15(22-3)7-13(12)17/h4-7,9-10H,1-3H3,(H,19,20)/t10-/m1/s1. The van der Waals surface area contributed by atoms with Gasteiger partial charge in [0, 0.05) is 17.8 Å². The van der Waals surface area contributed by atoms with Crippen LogP contribution in [0, 0.1) is 17.1 Å². The topological polar surface area (TPSA) is 67.2 Å². The predicted octanol–water partition coefficient (Wildman–Crippen LogP) is 3.28. The summed E-state index contributed by atoms with van der Waals surface area (Å²) in [6.45, 7) is 1.81. The Kier molecular flexibility index (Phi) is 4.79. The Labute approximate surface area is 128 Å². The van der Waals surface area contributed by atoms with Gasteiger partial charge in [-0.25, -0.2) is 9.37 Å². The fourth-order valence-electron chi connectivity index (χ4n) is 2.05. The van der Waals surface area contributed by atoms with Gasteiger partial charge in [-0.15, -0.1) is 0 Å². The minimum absolute atomic E-state index is 0.333. The van der Waals surface area contributed by atoms with Crippen molar-refractivity contribution < 1.29 is 13.9 Å². The zero-order valence-electron chi connectivity index (χ0n) is 12.6. The maximum absolute atomic E-state index is 14.2. The molecule has 1 aromatic heterocycles. The molecule has 2 aromatic rings. The first kappa shape index (κ1) is 15.6. The molecule has 22 heavy (non-hydrogen) atoms. The number of halogens is 1. The molecule has 0 spiro atoms. The van der Waals surface area contributed by atoms with Crippen molar-refractivity contribution in [3.63, 3.8) is 0 Å². The lowest BCUT2D eigenvalue weighted by Crippen LogP contribution is -2.10. The lowest BCUT2D eigenvalue weighted by atomic mass is 10.1. The summed E-state index contributed by atoms with van der Waals surface area (Å²) in [5.74, 6) is 0.958. The van der Waals surface area contributed by atoms with E-state index in [2.05, 4.69) is 10.3 Å². The van der Waals surface area contributed by atoms with Gasteiger partial charge < -0.3 is 14.8 Å². The highest BCUT2D eigenvalue weighted by Gasteiger charge is 2.16. The van der Waals surface area contributed by atoms with Crippen LogP contribution in [0.2, 0.25) is 0 Å². The van der Waals surface area contributed by atoms with Crippen molar-refractivity contribution in [2.75, 3.05) is 19.5 Å². The Morgan fingerprint density at radius 2 is 1.91 bits per heavy atom. The Morgan fingerprint density at radius 3 is 2.45 bits per heavy atom. The molecule has 0 aliphatic heterocycles. The van der Waals surface area contributed by atoms with E-state index in [4.69, 9.17) is 14.7 Å². The van der Waals surface area contributed by atoms with Gasteiger partial charge in [0.25, 0.3) is 0 Å².